The first kappa shape index (κ1) is 21.5. The molecule has 1 saturated carbocycles. The van der Waals surface area contributed by atoms with Crippen LogP contribution >= 0.6 is 0 Å². The molecule has 0 aromatic heterocycles. The van der Waals surface area contributed by atoms with Gasteiger partial charge in [-0.1, -0.05) is 0 Å². The number of benzene rings is 1. The van der Waals surface area contributed by atoms with Crippen molar-refractivity contribution in [1.82, 2.24) is 15.3 Å². The summed E-state index contributed by atoms with van der Waals surface area (Å²) in [5.74, 6) is 0.476. The zero-order valence-corrected chi connectivity index (χ0v) is 18.5. The van der Waals surface area contributed by atoms with E-state index in [1.165, 1.54) is 0 Å². The van der Waals surface area contributed by atoms with E-state index < -0.39 is 5.41 Å². The number of hydrogen-bond donors (Lipinski definition) is 2. The van der Waals surface area contributed by atoms with Crippen LogP contribution in [-0.4, -0.2) is 60.1 Å². The molecule has 1 aromatic rings. The van der Waals surface area contributed by atoms with Crippen molar-refractivity contribution in [2.75, 3.05) is 31.6 Å². The van der Waals surface area contributed by atoms with Gasteiger partial charge in [0.25, 0.3) is 11.8 Å². The predicted octanol–water partition coefficient (Wildman–Crippen LogP) is 2.26. The molecule has 0 bridgehead atoms. The molecule has 5 rings (SSSR count). The van der Waals surface area contributed by atoms with Gasteiger partial charge in [0, 0.05) is 43.3 Å². The van der Waals surface area contributed by atoms with Gasteiger partial charge < -0.3 is 15.4 Å². The summed E-state index contributed by atoms with van der Waals surface area (Å²) in [7, 11) is 0. The Morgan fingerprint density at radius 1 is 1.15 bits per heavy atom. The van der Waals surface area contributed by atoms with Crippen molar-refractivity contribution < 1.29 is 14.3 Å². The van der Waals surface area contributed by atoms with Crippen LogP contribution in [-0.2, 0) is 9.53 Å². The van der Waals surface area contributed by atoms with Crippen LogP contribution in [0.15, 0.2) is 41.5 Å². The second-order valence-corrected chi connectivity index (χ2v) is 9.02. The number of aliphatic imine (C=N–C) groups is 1. The smallest absolute Gasteiger partial charge is 0.261 e. The lowest BCUT2D eigenvalue weighted by Gasteiger charge is -2.35. The van der Waals surface area contributed by atoms with E-state index in [2.05, 4.69) is 21.7 Å². The molecule has 0 radical (unpaired) electrons. The maximum atomic E-state index is 13.2. The monoisotopic (exact) mass is 448 g/mol. The van der Waals surface area contributed by atoms with Gasteiger partial charge in [0.15, 0.2) is 0 Å². The number of hydrogen-bond acceptors (Lipinski definition) is 7. The van der Waals surface area contributed by atoms with Crippen LogP contribution in [0.4, 0.5) is 5.69 Å². The third-order valence-corrected chi connectivity index (χ3v) is 6.88. The lowest BCUT2D eigenvalue weighted by atomic mass is 9.83. The third-order valence-electron chi connectivity index (χ3n) is 6.88. The van der Waals surface area contributed by atoms with Crippen LogP contribution < -0.4 is 10.6 Å². The van der Waals surface area contributed by atoms with Gasteiger partial charge in [-0.15, -0.1) is 0 Å². The van der Waals surface area contributed by atoms with E-state index in [-0.39, 0.29) is 23.8 Å². The van der Waals surface area contributed by atoms with Crippen molar-refractivity contribution in [1.29, 1.82) is 5.26 Å². The van der Waals surface area contributed by atoms with Crippen molar-refractivity contribution in [3.05, 3.63) is 42.1 Å². The van der Waals surface area contributed by atoms with Crippen LogP contribution in [0.3, 0.4) is 0 Å². The van der Waals surface area contributed by atoms with Gasteiger partial charge in [0.1, 0.15) is 5.41 Å². The van der Waals surface area contributed by atoms with E-state index in [1.54, 1.807) is 28.4 Å². The minimum atomic E-state index is -0.897. The van der Waals surface area contributed by atoms with Gasteiger partial charge in [-0.25, -0.2) is 15.0 Å². The van der Waals surface area contributed by atoms with Crippen molar-refractivity contribution >= 4 is 23.5 Å². The number of ether oxygens (including phenoxy) is 1. The van der Waals surface area contributed by atoms with Gasteiger partial charge in [-0.05, 0) is 68.4 Å². The highest BCUT2D eigenvalue weighted by atomic mass is 16.5. The predicted molar refractivity (Wildman–Crippen MR) is 122 cm³/mol. The molecule has 0 spiro atoms. The minimum Gasteiger partial charge on any atom is -0.381 e. The molecule has 1 aliphatic carbocycles. The second-order valence-electron chi connectivity index (χ2n) is 9.02. The minimum absolute atomic E-state index is 0.0939. The average molecular weight is 449 g/mol. The zero-order valence-electron chi connectivity index (χ0n) is 18.5. The molecule has 1 aromatic carbocycles. The van der Waals surface area contributed by atoms with Gasteiger partial charge in [0.2, 0.25) is 5.96 Å². The van der Waals surface area contributed by atoms with Crippen LogP contribution in [0.2, 0.25) is 0 Å². The molecule has 1 atom stereocenters. The second kappa shape index (κ2) is 8.87. The highest BCUT2D eigenvalue weighted by Crippen LogP contribution is 2.51. The van der Waals surface area contributed by atoms with E-state index >= 15 is 0 Å². The fraction of sp³-hybridized carbons (Fsp3) is 0.500. The Morgan fingerprint density at radius 2 is 1.91 bits per heavy atom. The molecule has 0 unspecified atom stereocenters. The standard InChI is InChI=1S/C24H28N6O3/c25-16-24(18-4-5-18)10-13-29(22(24)32)30-12-1-11-26-23(30)28-19-6-2-17(3-7-19)21(31)27-20-8-14-33-15-9-20/h1-3,6-7,11,18,20H,4-5,8-10,12-15H2,(H,26,28)(H,27,31)/t24-/m1/s1. The fourth-order valence-electron chi connectivity index (χ4n) is 4.78. The lowest BCUT2D eigenvalue weighted by molar-refractivity contribution is -0.143. The lowest BCUT2D eigenvalue weighted by Crippen LogP contribution is -2.52. The van der Waals surface area contributed by atoms with Crippen LogP contribution in [0, 0.1) is 22.7 Å². The molecule has 2 amide bonds. The zero-order chi connectivity index (χ0) is 22.8. The first-order valence-electron chi connectivity index (χ1n) is 11.6. The van der Waals surface area contributed by atoms with E-state index in [9.17, 15) is 14.9 Å². The molecule has 2 N–H and O–H groups in total. The van der Waals surface area contributed by atoms with Gasteiger partial charge in [-0.2, -0.15) is 5.26 Å². The third kappa shape index (κ3) is 4.18. The molecule has 3 heterocycles. The molecule has 3 fully saturated rings. The number of guanidine groups is 1. The Kier molecular flexibility index (Phi) is 5.77. The molecule has 3 aliphatic heterocycles. The molecular weight excluding hydrogens is 420 g/mol. The first-order chi connectivity index (χ1) is 16.1. The number of hydrazine groups is 1. The number of rotatable bonds is 5. The number of carbonyl (C=O) groups excluding carboxylic acids is 2. The quantitative estimate of drug-likeness (QED) is 0.715. The first-order valence-corrected chi connectivity index (χ1v) is 11.6. The fourth-order valence-corrected chi connectivity index (χ4v) is 4.78. The summed E-state index contributed by atoms with van der Waals surface area (Å²) in [5.41, 5.74) is 0.454. The Labute approximate surface area is 193 Å². The highest BCUT2D eigenvalue weighted by Gasteiger charge is 2.58. The summed E-state index contributed by atoms with van der Waals surface area (Å²) in [6.07, 6.45) is 7.69. The number of anilines is 1. The van der Waals surface area contributed by atoms with Crippen LogP contribution in [0.25, 0.3) is 0 Å². The van der Waals surface area contributed by atoms with E-state index in [0.29, 0.717) is 44.2 Å². The van der Waals surface area contributed by atoms with E-state index in [4.69, 9.17) is 4.74 Å². The Hall–Kier alpha value is -3.38. The Balaban J connectivity index is 1.25. The summed E-state index contributed by atoms with van der Waals surface area (Å²) >= 11 is 0. The normalized spacial score (nSPS) is 25.5. The van der Waals surface area contributed by atoms with Crippen molar-refractivity contribution in [3.63, 3.8) is 0 Å². The molecule has 9 nitrogen and oxygen atoms in total. The number of nitriles is 1. The molecule has 2 saturated heterocycles. The highest BCUT2D eigenvalue weighted by molar-refractivity contribution is 5.98. The molecule has 4 aliphatic rings. The summed E-state index contributed by atoms with van der Waals surface area (Å²) in [5, 5.41) is 19.6. The molecule has 33 heavy (non-hydrogen) atoms. The molecular formula is C24H28N6O3. The summed E-state index contributed by atoms with van der Waals surface area (Å²) in [4.78, 5) is 30.2. The van der Waals surface area contributed by atoms with Gasteiger partial charge in [-0.3, -0.25) is 9.59 Å². The Bertz CT molecular complexity index is 1020. The molecule has 172 valence electrons. The summed E-state index contributed by atoms with van der Waals surface area (Å²) in [6, 6.07) is 9.68. The topological polar surface area (TPSA) is 110 Å². The Morgan fingerprint density at radius 3 is 2.61 bits per heavy atom. The summed E-state index contributed by atoms with van der Waals surface area (Å²) in [6.45, 7) is 2.35. The summed E-state index contributed by atoms with van der Waals surface area (Å²) < 4.78 is 5.34. The van der Waals surface area contributed by atoms with Crippen molar-refractivity contribution in [2.45, 2.75) is 38.1 Å². The number of nitrogens with one attached hydrogen (secondary N) is 2. The van der Waals surface area contributed by atoms with Crippen LogP contribution in [0.5, 0.6) is 0 Å². The van der Waals surface area contributed by atoms with Crippen molar-refractivity contribution in [2.24, 2.45) is 16.3 Å². The maximum absolute atomic E-state index is 13.2. The largest absolute Gasteiger partial charge is 0.381 e. The molecule has 9 heteroatoms. The number of carbonyl (C=O) groups is 2. The van der Waals surface area contributed by atoms with E-state index in [0.717, 1.165) is 31.4 Å². The maximum Gasteiger partial charge on any atom is 0.261 e. The number of amides is 2. The van der Waals surface area contributed by atoms with E-state index in [1.807, 2.05) is 18.2 Å². The van der Waals surface area contributed by atoms with Gasteiger partial charge in [0.05, 0.1) is 12.6 Å². The van der Waals surface area contributed by atoms with Gasteiger partial charge >= 0.3 is 0 Å². The average Bonchev–Trinajstić information content (AvgIpc) is 3.65. The van der Waals surface area contributed by atoms with Crippen molar-refractivity contribution in [3.8, 4) is 6.07 Å². The van der Waals surface area contributed by atoms with Crippen LogP contribution in [0.1, 0.15) is 42.5 Å². The number of nitrogens with zero attached hydrogens (tertiary/aromatic N) is 4. The SMILES string of the molecule is N#C[C@@]1(C2CC2)CCN(N2CC=CN=C2Nc2ccc(C(=O)NC3CCOCC3)cc2)C1=O.